The number of rotatable bonds is 5. The molecule has 1 aliphatic rings. The van der Waals surface area contributed by atoms with Crippen molar-refractivity contribution in [2.45, 2.75) is 32.7 Å². The number of carbonyl (C=O) groups excluding carboxylic acids is 2. The third-order valence-corrected chi connectivity index (χ3v) is 4.21. The molecule has 0 bridgehead atoms. The molecule has 1 aromatic heterocycles. The van der Waals surface area contributed by atoms with Crippen molar-refractivity contribution >= 4 is 17.5 Å². The Labute approximate surface area is 141 Å². The van der Waals surface area contributed by atoms with Gasteiger partial charge in [-0.1, -0.05) is 0 Å². The van der Waals surface area contributed by atoms with Gasteiger partial charge in [0.05, 0.1) is 11.9 Å². The summed E-state index contributed by atoms with van der Waals surface area (Å²) >= 11 is 0. The number of nitrogens with zero attached hydrogens (tertiary/aromatic N) is 3. The van der Waals surface area contributed by atoms with Crippen molar-refractivity contribution in [3.05, 3.63) is 22.6 Å². The van der Waals surface area contributed by atoms with Crippen molar-refractivity contribution in [3.63, 3.8) is 0 Å². The lowest BCUT2D eigenvalue weighted by atomic mass is 10.0. The van der Waals surface area contributed by atoms with Gasteiger partial charge < -0.3 is 15.5 Å². The van der Waals surface area contributed by atoms with Crippen molar-refractivity contribution in [3.8, 4) is 0 Å². The molecule has 1 aliphatic heterocycles. The van der Waals surface area contributed by atoms with Crippen LogP contribution in [-0.4, -0.2) is 46.8 Å². The lowest BCUT2D eigenvalue weighted by Gasteiger charge is -2.25. The zero-order chi connectivity index (χ0) is 17.9. The molecule has 0 aliphatic carbocycles. The molecule has 0 spiro atoms. The number of hydrogen-bond acceptors (Lipinski definition) is 5. The Morgan fingerprint density at radius 3 is 2.75 bits per heavy atom. The van der Waals surface area contributed by atoms with Crippen molar-refractivity contribution in [2.24, 2.45) is 13.0 Å². The molecule has 2 rings (SSSR count). The molecule has 2 amide bonds. The van der Waals surface area contributed by atoms with E-state index in [1.165, 1.54) is 11.6 Å². The van der Waals surface area contributed by atoms with Crippen LogP contribution in [0.15, 0.2) is 17.1 Å². The van der Waals surface area contributed by atoms with Crippen molar-refractivity contribution in [1.29, 1.82) is 0 Å². The fourth-order valence-corrected chi connectivity index (χ4v) is 2.82. The highest BCUT2D eigenvalue weighted by atomic mass is 16.2. The summed E-state index contributed by atoms with van der Waals surface area (Å²) in [5.74, 6) is -0.141. The summed E-state index contributed by atoms with van der Waals surface area (Å²) < 4.78 is 1.29. The lowest BCUT2D eigenvalue weighted by molar-refractivity contribution is -0.131. The Kier molecular flexibility index (Phi) is 5.26. The fraction of sp³-hybridized carbons (Fsp3) is 0.625. The Balaban J connectivity index is 1.88. The Bertz CT molecular complexity index is 683. The number of anilines is 1. The summed E-state index contributed by atoms with van der Waals surface area (Å²) in [4.78, 5) is 37.1. The summed E-state index contributed by atoms with van der Waals surface area (Å²) in [6, 6.07) is 1.58. The van der Waals surface area contributed by atoms with Crippen LogP contribution in [0.3, 0.4) is 0 Å². The second-order valence-corrected chi connectivity index (χ2v) is 6.79. The van der Waals surface area contributed by atoms with Crippen molar-refractivity contribution in [2.75, 3.05) is 24.5 Å². The van der Waals surface area contributed by atoms with Gasteiger partial charge in [-0.15, -0.1) is 0 Å². The largest absolute Gasteiger partial charge is 0.370 e. The molecule has 1 fully saturated rings. The van der Waals surface area contributed by atoms with E-state index in [1.807, 2.05) is 0 Å². The van der Waals surface area contributed by atoms with Gasteiger partial charge >= 0.3 is 0 Å². The van der Waals surface area contributed by atoms with E-state index >= 15 is 0 Å². The number of nitrogens with one attached hydrogen (secondary N) is 2. The van der Waals surface area contributed by atoms with Crippen LogP contribution in [0.25, 0.3) is 0 Å². The van der Waals surface area contributed by atoms with E-state index in [4.69, 9.17) is 0 Å². The van der Waals surface area contributed by atoms with Crippen molar-refractivity contribution in [1.82, 2.24) is 20.4 Å². The summed E-state index contributed by atoms with van der Waals surface area (Å²) in [5.41, 5.74) is -0.258. The first-order valence-corrected chi connectivity index (χ1v) is 8.04. The second kappa shape index (κ2) is 7.02. The second-order valence-electron chi connectivity index (χ2n) is 6.79. The van der Waals surface area contributed by atoms with Gasteiger partial charge in [-0.2, -0.15) is 5.10 Å². The number of carbonyl (C=O) groups is 2. The number of amides is 2. The van der Waals surface area contributed by atoms with Crippen LogP contribution >= 0.6 is 0 Å². The van der Waals surface area contributed by atoms with Crippen LogP contribution in [0.4, 0.5) is 5.69 Å². The van der Waals surface area contributed by atoms with E-state index in [0.29, 0.717) is 12.5 Å². The van der Waals surface area contributed by atoms with Gasteiger partial charge in [-0.05, 0) is 26.2 Å². The SMILES string of the molecule is CC(=O)NC(C)(C)C(=O)NC[C@@H]1CCN(c2cnn(C)c(=O)c2)C1. The minimum atomic E-state index is -0.931. The van der Waals surface area contributed by atoms with Gasteiger partial charge in [0.25, 0.3) is 5.56 Å². The minimum absolute atomic E-state index is 0.138. The molecule has 0 unspecified atom stereocenters. The van der Waals surface area contributed by atoms with E-state index in [2.05, 4.69) is 20.6 Å². The monoisotopic (exact) mass is 335 g/mol. The first-order valence-electron chi connectivity index (χ1n) is 8.04. The molecule has 0 radical (unpaired) electrons. The maximum atomic E-state index is 12.2. The van der Waals surface area contributed by atoms with E-state index < -0.39 is 5.54 Å². The zero-order valence-corrected chi connectivity index (χ0v) is 14.6. The van der Waals surface area contributed by atoms with Gasteiger partial charge in [0, 0.05) is 39.7 Å². The molecule has 0 saturated carbocycles. The average molecular weight is 335 g/mol. The summed E-state index contributed by atoms with van der Waals surface area (Å²) in [6.07, 6.45) is 2.61. The van der Waals surface area contributed by atoms with Crippen LogP contribution in [0, 0.1) is 5.92 Å². The highest BCUT2D eigenvalue weighted by molar-refractivity contribution is 5.90. The summed E-state index contributed by atoms with van der Waals surface area (Å²) in [7, 11) is 1.62. The normalized spacial score (nSPS) is 17.7. The first kappa shape index (κ1) is 18.0. The molecule has 2 heterocycles. The molecular formula is C16H25N5O3. The van der Waals surface area contributed by atoms with Crippen LogP contribution < -0.4 is 21.1 Å². The quantitative estimate of drug-likeness (QED) is 0.766. The Hall–Kier alpha value is -2.38. The van der Waals surface area contributed by atoms with Crippen LogP contribution in [0.5, 0.6) is 0 Å². The highest BCUT2D eigenvalue weighted by Gasteiger charge is 2.30. The molecule has 1 saturated heterocycles. The molecule has 132 valence electrons. The lowest BCUT2D eigenvalue weighted by Crippen LogP contribution is -2.54. The van der Waals surface area contributed by atoms with E-state index in [1.54, 1.807) is 33.2 Å². The third kappa shape index (κ3) is 4.33. The summed E-state index contributed by atoms with van der Waals surface area (Å²) in [6.45, 7) is 6.87. The molecule has 1 aromatic rings. The molecule has 24 heavy (non-hydrogen) atoms. The highest BCUT2D eigenvalue weighted by Crippen LogP contribution is 2.21. The van der Waals surface area contributed by atoms with E-state index in [0.717, 1.165) is 25.2 Å². The predicted octanol–water partition coefficient (Wildman–Crippen LogP) is -0.362. The number of hydrogen-bond donors (Lipinski definition) is 2. The zero-order valence-electron chi connectivity index (χ0n) is 14.6. The summed E-state index contributed by atoms with van der Waals surface area (Å²) in [5, 5.41) is 9.57. The van der Waals surface area contributed by atoms with Gasteiger partial charge in [-0.25, -0.2) is 4.68 Å². The maximum Gasteiger partial charge on any atom is 0.268 e. The standard InChI is InChI=1S/C16H25N5O3/c1-11(22)19-16(2,3)15(24)17-8-12-5-6-21(10-12)13-7-14(23)20(4)18-9-13/h7,9,12H,5-6,8,10H2,1-4H3,(H,17,24)(H,19,22)/t12-/m0/s1. The minimum Gasteiger partial charge on any atom is -0.370 e. The molecule has 2 N–H and O–H groups in total. The number of aromatic nitrogens is 2. The molecule has 8 nitrogen and oxygen atoms in total. The van der Waals surface area contributed by atoms with Crippen LogP contribution in [0.1, 0.15) is 27.2 Å². The fourth-order valence-electron chi connectivity index (χ4n) is 2.82. The smallest absolute Gasteiger partial charge is 0.268 e. The molecule has 1 atom stereocenters. The number of aryl methyl sites for hydroxylation is 1. The topological polar surface area (TPSA) is 96.3 Å². The van der Waals surface area contributed by atoms with Gasteiger partial charge in [-0.3, -0.25) is 14.4 Å². The third-order valence-electron chi connectivity index (χ3n) is 4.21. The van der Waals surface area contributed by atoms with Crippen LogP contribution in [0.2, 0.25) is 0 Å². The van der Waals surface area contributed by atoms with Gasteiger partial charge in [0.15, 0.2) is 0 Å². The van der Waals surface area contributed by atoms with E-state index in [9.17, 15) is 14.4 Å². The Morgan fingerprint density at radius 2 is 2.12 bits per heavy atom. The average Bonchev–Trinajstić information content (AvgIpc) is 2.95. The van der Waals surface area contributed by atoms with Crippen molar-refractivity contribution < 1.29 is 9.59 Å². The van der Waals surface area contributed by atoms with Gasteiger partial charge in [0.2, 0.25) is 11.8 Å². The molecule has 8 heteroatoms. The van der Waals surface area contributed by atoms with Crippen LogP contribution in [-0.2, 0) is 16.6 Å². The molecular weight excluding hydrogens is 310 g/mol. The first-order chi connectivity index (χ1) is 11.2. The maximum absolute atomic E-state index is 12.2. The van der Waals surface area contributed by atoms with E-state index in [-0.39, 0.29) is 17.4 Å². The predicted molar refractivity (Wildman–Crippen MR) is 90.7 cm³/mol. The Morgan fingerprint density at radius 1 is 1.42 bits per heavy atom. The molecule has 0 aromatic carbocycles. The van der Waals surface area contributed by atoms with Gasteiger partial charge in [0.1, 0.15) is 5.54 Å².